The third-order valence-corrected chi connectivity index (χ3v) is 10.9. The highest BCUT2D eigenvalue weighted by Crippen LogP contribution is 2.39. The van der Waals surface area contributed by atoms with Crippen LogP contribution in [0.1, 0.15) is 60.6 Å². The van der Waals surface area contributed by atoms with Gasteiger partial charge in [-0.2, -0.15) is 0 Å². The van der Waals surface area contributed by atoms with Crippen molar-refractivity contribution in [2.45, 2.75) is 69.7 Å². The van der Waals surface area contributed by atoms with Gasteiger partial charge in [0, 0.05) is 35.2 Å². The first-order chi connectivity index (χ1) is 28.6. The highest BCUT2D eigenvalue weighted by atomic mass is 35.5. The van der Waals surface area contributed by atoms with Gasteiger partial charge in [-0.05, 0) is 110 Å². The van der Waals surface area contributed by atoms with Gasteiger partial charge in [-0.25, -0.2) is 0 Å². The van der Waals surface area contributed by atoms with Crippen LogP contribution in [-0.2, 0) is 30.4 Å². The summed E-state index contributed by atoms with van der Waals surface area (Å²) in [5, 5.41) is 33.4. The van der Waals surface area contributed by atoms with Crippen molar-refractivity contribution in [3.05, 3.63) is 107 Å². The van der Waals surface area contributed by atoms with Crippen LogP contribution >= 0.6 is 23.2 Å². The molecule has 0 spiro atoms. The molecule has 1 aliphatic rings. The average molecular weight is 860 g/mol. The molecule has 5 amide bonds. The van der Waals surface area contributed by atoms with Crippen LogP contribution in [0.2, 0.25) is 5.02 Å². The summed E-state index contributed by atoms with van der Waals surface area (Å²) in [7, 11) is 1.39. The second kappa shape index (κ2) is 20.3. The average Bonchev–Trinajstić information content (AvgIpc) is 3.23. The molecule has 8 N–H and O–H groups in total. The lowest BCUT2D eigenvalue weighted by molar-refractivity contribution is -0.141. The smallest absolute Gasteiger partial charge is 0.251 e. The van der Waals surface area contributed by atoms with Crippen molar-refractivity contribution < 1.29 is 39.0 Å². The quantitative estimate of drug-likeness (QED) is 0.0749. The van der Waals surface area contributed by atoms with Gasteiger partial charge in [0.25, 0.3) is 5.91 Å². The molecule has 0 saturated carbocycles. The van der Waals surface area contributed by atoms with E-state index in [2.05, 4.69) is 21.3 Å². The number of nitrogens with two attached hydrogens (primary N) is 1. The number of aromatic hydroxyl groups is 2. The second-order valence-electron chi connectivity index (χ2n) is 14.7. The van der Waals surface area contributed by atoms with Gasteiger partial charge in [0.1, 0.15) is 35.7 Å². The van der Waals surface area contributed by atoms with Crippen molar-refractivity contribution >= 4 is 58.5 Å². The molecule has 1 heterocycles. The number of amides is 5. The number of rotatable bonds is 13. The van der Waals surface area contributed by atoms with Gasteiger partial charge in [0.05, 0.1) is 11.9 Å². The molecule has 4 aromatic carbocycles. The SMILES string of the molecule is C[C@H](NC(=O)C1Cc2ccc(O)c(c2)-c2cc(ccc2O)[C@H](N(C)C(=O)[C@H](CCCCN)NC(=O)c2ccc(-c3ccc(Cl)cc3)cc2)C(=O)N[C@@H](C)C(=O)N1)C(=O)CCl. The minimum absolute atomic E-state index is 0.0998. The number of halogens is 2. The van der Waals surface area contributed by atoms with Gasteiger partial charge in [0.2, 0.25) is 23.6 Å². The molecule has 4 aromatic rings. The fourth-order valence-electron chi connectivity index (χ4n) is 6.85. The third-order valence-electron chi connectivity index (χ3n) is 10.3. The summed E-state index contributed by atoms with van der Waals surface area (Å²) >= 11 is 11.7. The van der Waals surface area contributed by atoms with E-state index in [9.17, 15) is 39.0 Å². The van der Waals surface area contributed by atoms with Crippen LogP contribution in [0.15, 0.2) is 84.9 Å². The number of nitrogens with zero attached hydrogens (tertiary/aromatic N) is 1. The van der Waals surface area contributed by atoms with Crippen LogP contribution in [-0.4, -0.2) is 94.1 Å². The van der Waals surface area contributed by atoms with Gasteiger partial charge >= 0.3 is 0 Å². The molecular formula is C44H48Cl2N6O8. The van der Waals surface area contributed by atoms with Crippen LogP contribution in [0, 0.1) is 0 Å². The number of fused-ring (bicyclic) bond motifs is 5. The molecule has 0 fully saturated rings. The Bertz CT molecular complexity index is 2240. The Morgan fingerprint density at radius 1 is 0.850 bits per heavy atom. The van der Waals surface area contributed by atoms with E-state index < -0.39 is 65.5 Å². The van der Waals surface area contributed by atoms with Crippen molar-refractivity contribution in [3.8, 4) is 33.8 Å². The predicted octanol–water partition coefficient (Wildman–Crippen LogP) is 4.37. The van der Waals surface area contributed by atoms with Gasteiger partial charge in [-0.15, -0.1) is 11.6 Å². The summed E-state index contributed by atoms with van der Waals surface area (Å²) in [4.78, 5) is 83.0. The number of Topliss-reactive ketones (excluding diaryl/α,β-unsaturated/α-hetero) is 1. The summed E-state index contributed by atoms with van der Waals surface area (Å²) in [6.45, 7) is 3.21. The number of phenolic OH excluding ortho intramolecular Hbond substituents is 2. The van der Waals surface area contributed by atoms with E-state index in [4.69, 9.17) is 28.9 Å². The van der Waals surface area contributed by atoms with Crippen molar-refractivity contribution in [1.29, 1.82) is 0 Å². The number of ketones is 1. The van der Waals surface area contributed by atoms with Crippen molar-refractivity contribution in [2.75, 3.05) is 19.5 Å². The molecule has 1 aliphatic heterocycles. The Hall–Kier alpha value is -5.96. The molecule has 0 aliphatic carbocycles. The maximum Gasteiger partial charge on any atom is 0.251 e. The maximum absolute atomic E-state index is 14.5. The van der Waals surface area contributed by atoms with Gasteiger partial charge < -0.3 is 42.1 Å². The second-order valence-corrected chi connectivity index (χ2v) is 15.4. The van der Waals surface area contributed by atoms with E-state index in [-0.39, 0.29) is 46.9 Å². The molecule has 14 nitrogen and oxygen atoms in total. The van der Waals surface area contributed by atoms with Crippen molar-refractivity contribution in [3.63, 3.8) is 0 Å². The molecule has 5 atom stereocenters. The zero-order valence-electron chi connectivity index (χ0n) is 33.3. The number of carbonyl (C=O) groups excluding carboxylic acids is 6. The van der Waals surface area contributed by atoms with Crippen LogP contribution < -0.4 is 27.0 Å². The van der Waals surface area contributed by atoms with E-state index in [0.29, 0.717) is 35.5 Å². The molecule has 0 aromatic heterocycles. The topological polar surface area (TPSA) is 220 Å². The molecule has 16 heteroatoms. The Morgan fingerprint density at radius 2 is 1.47 bits per heavy atom. The lowest BCUT2D eigenvalue weighted by atomic mass is 9.93. The highest BCUT2D eigenvalue weighted by molar-refractivity contribution is 6.30. The summed E-state index contributed by atoms with van der Waals surface area (Å²) in [5.41, 5.74) is 8.73. The van der Waals surface area contributed by atoms with Crippen LogP contribution in [0.3, 0.4) is 0 Å². The van der Waals surface area contributed by atoms with E-state index in [0.717, 1.165) is 16.0 Å². The summed E-state index contributed by atoms with van der Waals surface area (Å²) in [6.07, 6.45) is 1.11. The van der Waals surface area contributed by atoms with Gasteiger partial charge in [0.15, 0.2) is 5.78 Å². The molecule has 0 radical (unpaired) electrons. The number of unbranched alkanes of at least 4 members (excludes halogenated alkanes) is 1. The summed E-state index contributed by atoms with van der Waals surface area (Å²) < 4.78 is 0. The molecule has 4 bridgehead atoms. The monoisotopic (exact) mass is 858 g/mol. The fourth-order valence-corrected chi connectivity index (χ4v) is 7.20. The number of benzene rings is 4. The zero-order chi connectivity index (χ0) is 43.7. The lowest BCUT2D eigenvalue weighted by Gasteiger charge is -2.32. The molecule has 0 saturated heterocycles. The number of likely N-dealkylation sites (N-methyl/N-ethyl adjacent to an activating group) is 1. The number of carbonyl (C=O) groups is 6. The first kappa shape index (κ1) is 45.1. The molecule has 1 unspecified atom stereocenters. The Balaban J connectivity index is 1.49. The molecule has 316 valence electrons. The number of hydrogen-bond acceptors (Lipinski definition) is 9. The Kier molecular flexibility index (Phi) is 15.3. The largest absolute Gasteiger partial charge is 0.507 e. The van der Waals surface area contributed by atoms with E-state index >= 15 is 0 Å². The predicted molar refractivity (Wildman–Crippen MR) is 228 cm³/mol. The lowest BCUT2D eigenvalue weighted by Crippen LogP contribution is -2.57. The van der Waals surface area contributed by atoms with Crippen LogP contribution in [0.5, 0.6) is 11.5 Å². The fraction of sp³-hybridized carbons (Fsp3) is 0.318. The third kappa shape index (κ3) is 11.0. The number of phenols is 2. The Morgan fingerprint density at radius 3 is 2.10 bits per heavy atom. The van der Waals surface area contributed by atoms with Crippen molar-refractivity contribution in [1.82, 2.24) is 26.2 Å². The van der Waals surface area contributed by atoms with Gasteiger partial charge in [-0.1, -0.05) is 48.0 Å². The maximum atomic E-state index is 14.5. The van der Waals surface area contributed by atoms with Crippen LogP contribution in [0.25, 0.3) is 22.3 Å². The summed E-state index contributed by atoms with van der Waals surface area (Å²) in [5.74, 6) is -4.70. The summed E-state index contributed by atoms with van der Waals surface area (Å²) in [6, 6.07) is 16.7. The first-order valence-corrected chi connectivity index (χ1v) is 20.3. The Labute approximate surface area is 357 Å². The highest BCUT2D eigenvalue weighted by Gasteiger charge is 2.36. The number of nitrogens with one attached hydrogen (secondary N) is 4. The minimum atomic E-state index is -1.44. The zero-order valence-corrected chi connectivity index (χ0v) is 34.8. The number of alkyl halides is 1. The van der Waals surface area contributed by atoms with E-state index in [1.54, 1.807) is 42.5 Å². The standard InChI is InChI=1S/C44H48Cl2N6O8/c1-24(38(55)23-45)48-42(58)35-21-26-7-17-36(53)32(20-26)33-22-30(14-18-37(33)54)39(43(59)49-25(2)40(56)51-35)52(3)44(60)34(6-4-5-19-47)50-41(57)29-10-8-27(9-11-29)28-12-15-31(46)16-13-28/h7-18,20,22,24-25,34-35,39,53-54H,4-6,19,21,23,47H2,1-3H3,(H,48,58)(H,49,59)(H,50,57)(H,51,56)/t24-,25-,34-,35?,39-/m0/s1. The van der Waals surface area contributed by atoms with E-state index in [1.165, 1.54) is 51.2 Å². The first-order valence-electron chi connectivity index (χ1n) is 19.4. The molecular weight excluding hydrogens is 811 g/mol. The van der Waals surface area contributed by atoms with Crippen molar-refractivity contribution in [2.24, 2.45) is 5.73 Å². The normalized spacial score (nSPS) is 17.5. The molecule has 5 rings (SSSR count). The number of hydrogen-bond donors (Lipinski definition) is 7. The minimum Gasteiger partial charge on any atom is -0.507 e. The van der Waals surface area contributed by atoms with E-state index in [1.807, 2.05) is 12.1 Å². The molecule has 60 heavy (non-hydrogen) atoms. The van der Waals surface area contributed by atoms with Gasteiger partial charge in [-0.3, -0.25) is 28.8 Å². The van der Waals surface area contributed by atoms with Crippen LogP contribution in [0.4, 0.5) is 0 Å².